The monoisotopic (exact) mass is 268 g/mol. The average molecular weight is 268 g/mol. The summed E-state index contributed by atoms with van der Waals surface area (Å²) in [5.74, 6) is 0.952. The third-order valence-electron chi connectivity index (χ3n) is 4.73. The Kier molecular flexibility index (Phi) is 7.38. The second-order valence-corrected chi connectivity index (χ2v) is 7.05. The van der Waals surface area contributed by atoms with E-state index >= 15 is 0 Å². The summed E-state index contributed by atoms with van der Waals surface area (Å²) in [6.45, 7) is 11.4. The number of rotatable bonds is 11. The Morgan fingerprint density at radius 1 is 1.16 bits per heavy atom. The molecule has 114 valence electrons. The van der Waals surface area contributed by atoms with E-state index in [1.165, 1.54) is 57.9 Å². The third kappa shape index (κ3) is 5.83. The maximum Gasteiger partial charge on any atom is 0.0306 e. The van der Waals surface area contributed by atoms with Crippen molar-refractivity contribution in [2.45, 2.75) is 90.6 Å². The molecule has 1 rings (SSSR count). The summed E-state index contributed by atoms with van der Waals surface area (Å²) in [6, 6.07) is 0.616. The highest BCUT2D eigenvalue weighted by Crippen LogP contribution is 2.34. The minimum absolute atomic E-state index is 0.211. The van der Waals surface area contributed by atoms with Gasteiger partial charge in [-0.25, -0.2) is 0 Å². The van der Waals surface area contributed by atoms with Crippen LogP contribution in [0.2, 0.25) is 0 Å². The van der Waals surface area contributed by atoms with Gasteiger partial charge in [0.15, 0.2) is 0 Å². The first-order chi connectivity index (χ1) is 9.03. The molecular weight excluding hydrogens is 232 g/mol. The lowest BCUT2D eigenvalue weighted by Gasteiger charge is -2.44. The van der Waals surface area contributed by atoms with E-state index in [0.29, 0.717) is 6.04 Å². The smallest absolute Gasteiger partial charge is 0.0306 e. The topological polar surface area (TPSA) is 29.3 Å². The van der Waals surface area contributed by atoms with Gasteiger partial charge in [-0.3, -0.25) is 4.90 Å². The summed E-state index contributed by atoms with van der Waals surface area (Å²) >= 11 is 0. The van der Waals surface area contributed by atoms with Crippen molar-refractivity contribution in [1.29, 1.82) is 0 Å². The van der Waals surface area contributed by atoms with Crippen LogP contribution in [0.1, 0.15) is 79.1 Å². The van der Waals surface area contributed by atoms with Gasteiger partial charge in [0.2, 0.25) is 0 Å². The minimum Gasteiger partial charge on any atom is -0.329 e. The maximum absolute atomic E-state index is 6.14. The molecule has 0 aromatic rings. The molecule has 1 unspecified atom stereocenters. The Morgan fingerprint density at radius 2 is 1.79 bits per heavy atom. The van der Waals surface area contributed by atoms with Gasteiger partial charge in [-0.15, -0.1) is 0 Å². The van der Waals surface area contributed by atoms with Crippen LogP contribution in [0.25, 0.3) is 0 Å². The van der Waals surface area contributed by atoms with Crippen LogP contribution in [-0.4, -0.2) is 29.6 Å². The van der Waals surface area contributed by atoms with Crippen molar-refractivity contribution in [3.05, 3.63) is 0 Å². The van der Waals surface area contributed by atoms with Gasteiger partial charge in [0, 0.05) is 24.7 Å². The van der Waals surface area contributed by atoms with Gasteiger partial charge in [-0.1, -0.05) is 39.0 Å². The molecule has 2 nitrogen and oxygen atoms in total. The number of unbranched alkanes of at least 4 members (excludes halogenated alkanes) is 4. The second kappa shape index (κ2) is 8.26. The molecule has 0 amide bonds. The molecule has 19 heavy (non-hydrogen) atoms. The first-order valence-electron chi connectivity index (χ1n) is 8.50. The van der Waals surface area contributed by atoms with Gasteiger partial charge in [-0.2, -0.15) is 0 Å². The molecular formula is C17H36N2. The van der Waals surface area contributed by atoms with Gasteiger partial charge in [0.05, 0.1) is 0 Å². The summed E-state index contributed by atoms with van der Waals surface area (Å²) in [5, 5.41) is 0. The molecule has 1 aliphatic rings. The molecule has 0 aliphatic heterocycles. The number of nitrogens with zero attached hydrogens (tertiary/aromatic N) is 1. The lowest BCUT2D eigenvalue weighted by atomic mass is 9.90. The second-order valence-electron chi connectivity index (χ2n) is 7.05. The van der Waals surface area contributed by atoms with E-state index in [0.717, 1.165) is 12.5 Å². The molecule has 0 bridgehead atoms. The van der Waals surface area contributed by atoms with Crippen LogP contribution in [0.5, 0.6) is 0 Å². The Bertz CT molecular complexity index is 235. The normalized spacial score (nSPS) is 19.1. The van der Waals surface area contributed by atoms with Crippen molar-refractivity contribution in [3.63, 3.8) is 0 Å². The van der Waals surface area contributed by atoms with E-state index in [2.05, 4.69) is 32.6 Å². The van der Waals surface area contributed by atoms with Gasteiger partial charge in [0.1, 0.15) is 0 Å². The Labute approximate surface area is 121 Å². The summed E-state index contributed by atoms with van der Waals surface area (Å²) in [7, 11) is 0. The Morgan fingerprint density at radius 3 is 2.26 bits per heavy atom. The summed E-state index contributed by atoms with van der Waals surface area (Å²) in [6.07, 6.45) is 10.9. The fourth-order valence-electron chi connectivity index (χ4n) is 3.11. The van der Waals surface area contributed by atoms with Crippen LogP contribution in [0.3, 0.4) is 0 Å². The molecule has 0 spiro atoms. The summed E-state index contributed by atoms with van der Waals surface area (Å²) in [4.78, 5) is 2.69. The van der Waals surface area contributed by atoms with E-state index in [4.69, 9.17) is 5.73 Å². The summed E-state index contributed by atoms with van der Waals surface area (Å²) < 4.78 is 0. The predicted molar refractivity (Wildman–Crippen MR) is 85.4 cm³/mol. The third-order valence-corrected chi connectivity index (χ3v) is 4.73. The highest BCUT2D eigenvalue weighted by molar-refractivity contribution is 4.92. The van der Waals surface area contributed by atoms with Crippen molar-refractivity contribution in [2.75, 3.05) is 13.1 Å². The Balaban J connectivity index is 2.43. The van der Waals surface area contributed by atoms with Gasteiger partial charge < -0.3 is 5.73 Å². The molecule has 0 aromatic carbocycles. The predicted octanol–water partition coefficient (Wildman–Crippen LogP) is 4.18. The molecule has 0 heterocycles. The van der Waals surface area contributed by atoms with Crippen LogP contribution in [-0.2, 0) is 0 Å². The molecule has 0 radical (unpaired) electrons. The fourth-order valence-corrected chi connectivity index (χ4v) is 3.11. The minimum atomic E-state index is 0.211. The molecule has 1 aliphatic carbocycles. The first kappa shape index (κ1) is 17.0. The fraction of sp³-hybridized carbons (Fsp3) is 1.00. The van der Waals surface area contributed by atoms with E-state index < -0.39 is 0 Å². The number of hydrogen-bond donors (Lipinski definition) is 1. The number of nitrogens with two attached hydrogens (primary N) is 1. The van der Waals surface area contributed by atoms with Crippen LogP contribution in [0, 0.1) is 5.92 Å². The zero-order valence-electron chi connectivity index (χ0n) is 13.8. The molecule has 1 atom stereocenters. The van der Waals surface area contributed by atoms with Crippen molar-refractivity contribution in [3.8, 4) is 0 Å². The van der Waals surface area contributed by atoms with Crippen LogP contribution in [0.15, 0.2) is 0 Å². The number of hydrogen-bond acceptors (Lipinski definition) is 2. The molecule has 1 fully saturated rings. The highest BCUT2D eigenvalue weighted by Gasteiger charge is 2.35. The van der Waals surface area contributed by atoms with Crippen molar-refractivity contribution >= 4 is 0 Å². The standard InChI is InChI=1S/C17H36N2/c1-5-6-7-8-9-12-17(4,14-18)19(15(2)3)13-16-10-11-16/h15-16H,5-14,18H2,1-4H3. The maximum atomic E-state index is 6.14. The van der Waals surface area contributed by atoms with Crippen molar-refractivity contribution in [1.82, 2.24) is 4.90 Å². The van der Waals surface area contributed by atoms with Crippen molar-refractivity contribution in [2.24, 2.45) is 11.7 Å². The summed E-state index contributed by atoms with van der Waals surface area (Å²) in [5.41, 5.74) is 6.35. The van der Waals surface area contributed by atoms with Gasteiger partial charge in [-0.05, 0) is 46.0 Å². The highest BCUT2D eigenvalue weighted by atomic mass is 15.2. The first-order valence-corrected chi connectivity index (χ1v) is 8.50. The Hall–Kier alpha value is -0.0800. The molecule has 0 aromatic heterocycles. The molecule has 2 N–H and O–H groups in total. The quantitative estimate of drug-likeness (QED) is 0.569. The molecule has 2 heteroatoms. The lowest BCUT2D eigenvalue weighted by molar-refractivity contribution is 0.0609. The van der Waals surface area contributed by atoms with Crippen LogP contribution < -0.4 is 5.73 Å². The largest absolute Gasteiger partial charge is 0.329 e. The lowest BCUT2D eigenvalue weighted by Crippen LogP contribution is -2.55. The van der Waals surface area contributed by atoms with Crippen LogP contribution >= 0.6 is 0 Å². The van der Waals surface area contributed by atoms with E-state index in [-0.39, 0.29) is 5.54 Å². The SMILES string of the molecule is CCCCCCCC(C)(CN)N(CC1CC1)C(C)C. The molecule has 0 saturated heterocycles. The van der Waals surface area contributed by atoms with Crippen LogP contribution in [0.4, 0.5) is 0 Å². The zero-order chi connectivity index (χ0) is 14.3. The van der Waals surface area contributed by atoms with E-state index in [9.17, 15) is 0 Å². The average Bonchev–Trinajstić information content (AvgIpc) is 3.19. The van der Waals surface area contributed by atoms with Gasteiger partial charge >= 0.3 is 0 Å². The van der Waals surface area contributed by atoms with E-state index in [1.54, 1.807) is 0 Å². The zero-order valence-corrected chi connectivity index (χ0v) is 13.8. The van der Waals surface area contributed by atoms with Gasteiger partial charge in [0.25, 0.3) is 0 Å². The molecule has 1 saturated carbocycles. The van der Waals surface area contributed by atoms with Crippen molar-refractivity contribution < 1.29 is 0 Å². The van der Waals surface area contributed by atoms with E-state index in [1.807, 2.05) is 0 Å².